The molecule has 220 valence electrons. The summed E-state index contributed by atoms with van der Waals surface area (Å²) >= 11 is 0. The van der Waals surface area contributed by atoms with Gasteiger partial charge in [-0.1, -0.05) is 75.9 Å². The van der Waals surface area contributed by atoms with Crippen molar-refractivity contribution in [2.24, 2.45) is 11.8 Å². The summed E-state index contributed by atoms with van der Waals surface area (Å²) in [6, 6.07) is 17.8. The van der Waals surface area contributed by atoms with Crippen molar-refractivity contribution in [3.8, 4) is 0 Å². The van der Waals surface area contributed by atoms with Crippen LogP contribution in [0.2, 0.25) is 0 Å². The van der Waals surface area contributed by atoms with E-state index in [2.05, 4.69) is 0 Å². The van der Waals surface area contributed by atoms with Crippen molar-refractivity contribution in [2.75, 3.05) is 0 Å². The van der Waals surface area contributed by atoms with Gasteiger partial charge < -0.3 is 14.0 Å². The fraction of sp³-hybridized carbons (Fsp3) is 0.394. The molecule has 0 fully saturated rings. The lowest BCUT2D eigenvalue weighted by Crippen LogP contribution is -2.33. The second kappa shape index (κ2) is 12.7. The van der Waals surface area contributed by atoms with Crippen molar-refractivity contribution in [2.45, 2.75) is 71.3 Å². The first kappa shape index (κ1) is 29.9. The van der Waals surface area contributed by atoms with E-state index in [-0.39, 0.29) is 35.1 Å². The van der Waals surface area contributed by atoms with Gasteiger partial charge in [-0.25, -0.2) is 19.2 Å². The maximum atomic E-state index is 15.0. The number of hydrogen-bond acceptors (Lipinski definition) is 8. The molecule has 8 nitrogen and oxygen atoms in total. The highest BCUT2D eigenvalue weighted by molar-refractivity contribution is 7.74. The minimum Gasteiger partial charge on any atom is -0.386 e. The Hall–Kier alpha value is -3.61. The molecule has 0 saturated heterocycles. The van der Waals surface area contributed by atoms with E-state index in [1.165, 1.54) is 0 Å². The van der Waals surface area contributed by atoms with Gasteiger partial charge in [-0.05, 0) is 55.9 Å². The second-order valence-corrected chi connectivity index (χ2v) is 13.3. The topological polar surface area (TPSA) is 113 Å². The standard InChI is InChI=1S/C33H35O8P/c1-3-5-13-21-19-25-29(33(37)40-30(25)34)24(20-26-28(21)32(36)39-31(26)35)27(18-6-4-2)41-42(38,22-14-9-7-10-15-22)23-16-11-8-12-17-23/h7-12,14-17,21,24,27H,3-6,13,18-20H2,1-2H3. The molecule has 2 heterocycles. The number of rotatable bonds is 11. The number of cyclic esters (lactones) is 4. The Morgan fingerprint density at radius 3 is 1.81 bits per heavy atom. The van der Waals surface area contributed by atoms with E-state index in [1.54, 1.807) is 48.5 Å². The third kappa shape index (κ3) is 5.70. The second-order valence-electron chi connectivity index (χ2n) is 11.0. The van der Waals surface area contributed by atoms with Crippen LogP contribution >= 0.6 is 7.37 Å². The predicted octanol–water partition coefficient (Wildman–Crippen LogP) is 5.47. The van der Waals surface area contributed by atoms with E-state index in [0.29, 0.717) is 29.9 Å². The Labute approximate surface area is 245 Å². The lowest BCUT2D eigenvalue weighted by Gasteiger charge is -2.33. The predicted molar refractivity (Wildman–Crippen MR) is 156 cm³/mol. The molecule has 9 heteroatoms. The van der Waals surface area contributed by atoms with Crippen molar-refractivity contribution in [3.63, 3.8) is 0 Å². The largest absolute Gasteiger partial charge is 0.386 e. The Morgan fingerprint density at radius 1 is 0.738 bits per heavy atom. The molecule has 0 N–H and O–H groups in total. The molecule has 2 aromatic rings. The number of benzene rings is 2. The van der Waals surface area contributed by atoms with Gasteiger partial charge in [-0.2, -0.15) is 0 Å². The van der Waals surface area contributed by atoms with Crippen molar-refractivity contribution in [1.82, 2.24) is 0 Å². The highest BCUT2D eigenvalue weighted by atomic mass is 31.2. The highest BCUT2D eigenvalue weighted by Crippen LogP contribution is 2.51. The van der Waals surface area contributed by atoms with Crippen LogP contribution in [-0.4, -0.2) is 30.0 Å². The molecule has 2 aliphatic heterocycles. The van der Waals surface area contributed by atoms with Crippen LogP contribution in [0.15, 0.2) is 83.0 Å². The van der Waals surface area contributed by atoms with Crippen LogP contribution < -0.4 is 10.6 Å². The summed E-state index contributed by atoms with van der Waals surface area (Å²) in [4.78, 5) is 52.4. The minimum absolute atomic E-state index is 0.0678. The molecule has 3 unspecified atom stereocenters. The average Bonchev–Trinajstić information content (AvgIpc) is 3.42. The maximum Gasteiger partial charge on any atom is 0.342 e. The third-order valence-electron chi connectivity index (χ3n) is 8.28. The van der Waals surface area contributed by atoms with E-state index in [1.807, 2.05) is 26.0 Å². The molecule has 0 amide bonds. The molecule has 42 heavy (non-hydrogen) atoms. The number of carbonyl (C=O) groups is 4. The number of ether oxygens (including phenoxy) is 2. The van der Waals surface area contributed by atoms with E-state index in [9.17, 15) is 23.7 Å². The van der Waals surface area contributed by atoms with Gasteiger partial charge in [0.05, 0.1) is 17.3 Å². The Balaban J connectivity index is 1.66. The zero-order valence-electron chi connectivity index (χ0n) is 23.9. The van der Waals surface area contributed by atoms with Crippen molar-refractivity contribution in [3.05, 3.63) is 83.0 Å². The summed E-state index contributed by atoms with van der Waals surface area (Å²) in [5.74, 6) is -4.30. The normalized spacial score (nSPS) is 21.5. The van der Waals surface area contributed by atoms with E-state index >= 15 is 0 Å². The summed E-state index contributed by atoms with van der Waals surface area (Å²) in [6.07, 6.45) is 3.18. The van der Waals surface area contributed by atoms with Gasteiger partial charge in [0.2, 0.25) is 0 Å². The summed E-state index contributed by atoms with van der Waals surface area (Å²) in [7, 11) is -3.72. The molecule has 0 saturated carbocycles. The fourth-order valence-corrected chi connectivity index (χ4v) is 8.47. The average molecular weight is 591 g/mol. The lowest BCUT2D eigenvalue weighted by molar-refractivity contribution is -0.153. The number of esters is 4. The van der Waals surface area contributed by atoms with Gasteiger partial charge in [0, 0.05) is 27.7 Å². The summed E-state index contributed by atoms with van der Waals surface area (Å²) in [5, 5.41) is 0.968. The van der Waals surface area contributed by atoms with Crippen molar-refractivity contribution >= 4 is 41.9 Å². The van der Waals surface area contributed by atoms with Crippen molar-refractivity contribution in [1.29, 1.82) is 0 Å². The van der Waals surface area contributed by atoms with Crippen LogP contribution in [-0.2, 0) is 37.7 Å². The maximum absolute atomic E-state index is 15.0. The molecule has 0 spiro atoms. The fourth-order valence-electron chi connectivity index (χ4n) is 6.17. The first-order valence-corrected chi connectivity index (χ1v) is 16.3. The first-order valence-electron chi connectivity index (χ1n) is 14.7. The Bertz CT molecular complexity index is 1450. The smallest absolute Gasteiger partial charge is 0.342 e. The summed E-state index contributed by atoms with van der Waals surface area (Å²) < 4.78 is 31.9. The lowest BCUT2D eigenvalue weighted by atomic mass is 9.75. The van der Waals surface area contributed by atoms with E-state index < -0.39 is 49.2 Å². The monoisotopic (exact) mass is 590 g/mol. The van der Waals surface area contributed by atoms with Crippen LogP contribution in [0.25, 0.3) is 0 Å². The van der Waals surface area contributed by atoms with Crippen LogP contribution in [0.1, 0.15) is 65.2 Å². The quantitative estimate of drug-likeness (QED) is 0.192. The van der Waals surface area contributed by atoms with E-state index in [4.69, 9.17) is 14.0 Å². The molecule has 5 rings (SSSR count). The van der Waals surface area contributed by atoms with Crippen molar-refractivity contribution < 1.29 is 37.7 Å². The zero-order valence-corrected chi connectivity index (χ0v) is 24.8. The molecule has 2 aromatic carbocycles. The van der Waals surface area contributed by atoms with Crippen LogP contribution in [0.4, 0.5) is 0 Å². The van der Waals surface area contributed by atoms with E-state index in [0.717, 1.165) is 19.3 Å². The van der Waals surface area contributed by atoms with Gasteiger partial charge in [0.1, 0.15) is 0 Å². The molecule has 0 radical (unpaired) electrons. The zero-order chi connectivity index (χ0) is 29.9. The molecule has 1 aliphatic carbocycles. The van der Waals surface area contributed by atoms with Gasteiger partial charge in [0.15, 0.2) is 0 Å². The molecule has 3 atom stereocenters. The summed E-state index contributed by atoms with van der Waals surface area (Å²) in [6.45, 7) is 4.02. The highest BCUT2D eigenvalue weighted by Gasteiger charge is 2.49. The number of hydrogen-bond donors (Lipinski definition) is 0. The molecule has 0 bridgehead atoms. The number of unbranched alkanes of at least 4 members (excludes halogenated alkanes) is 2. The van der Waals surface area contributed by atoms with Gasteiger partial charge >= 0.3 is 23.9 Å². The molecule has 0 aromatic heterocycles. The van der Waals surface area contributed by atoms with Gasteiger partial charge in [0.25, 0.3) is 7.37 Å². The SMILES string of the molecule is CCCCC1CC2=C(C(=O)OC2=O)C(C(CCCC)OP(=O)(c2ccccc2)c2ccccc2)CC2=C1C(=O)OC2=O. The molecule has 3 aliphatic rings. The van der Waals surface area contributed by atoms with Gasteiger partial charge in [-0.15, -0.1) is 0 Å². The van der Waals surface area contributed by atoms with Crippen LogP contribution in [0.3, 0.4) is 0 Å². The molecular formula is C33H35O8P. The van der Waals surface area contributed by atoms with Crippen LogP contribution in [0, 0.1) is 11.8 Å². The third-order valence-corrected chi connectivity index (χ3v) is 10.8. The Kier molecular flexibility index (Phi) is 9.05. The number of carbonyl (C=O) groups excluding carboxylic acids is 4. The van der Waals surface area contributed by atoms with Crippen LogP contribution in [0.5, 0.6) is 0 Å². The minimum atomic E-state index is -3.72. The van der Waals surface area contributed by atoms with Gasteiger partial charge in [-0.3, -0.25) is 4.57 Å². The summed E-state index contributed by atoms with van der Waals surface area (Å²) in [5.41, 5.74) is 0.808. The molecular weight excluding hydrogens is 555 g/mol. The Morgan fingerprint density at radius 2 is 1.26 bits per heavy atom. The first-order chi connectivity index (χ1) is 20.3.